The fourth-order valence-electron chi connectivity index (χ4n) is 3.94. The SMILES string of the molecule is CC(c1cn[nH]c1)n1cc(C(=O)N[C@H]2CCCC[C@@H]2O)c2c(F)cccc21. The van der Waals surface area contributed by atoms with Gasteiger partial charge in [-0.2, -0.15) is 5.10 Å². The van der Waals surface area contributed by atoms with Crippen LogP contribution in [0.15, 0.2) is 36.8 Å². The Morgan fingerprint density at radius 2 is 2.22 bits per heavy atom. The molecular weight excluding hydrogens is 347 g/mol. The molecule has 1 aliphatic rings. The van der Waals surface area contributed by atoms with E-state index < -0.39 is 11.9 Å². The number of rotatable bonds is 4. The van der Waals surface area contributed by atoms with Crippen LogP contribution in [-0.2, 0) is 0 Å². The number of aliphatic hydroxyl groups excluding tert-OH is 1. The van der Waals surface area contributed by atoms with Crippen LogP contribution in [-0.4, -0.2) is 37.9 Å². The molecule has 4 rings (SSSR count). The maximum absolute atomic E-state index is 14.6. The van der Waals surface area contributed by atoms with E-state index in [-0.39, 0.29) is 23.6 Å². The van der Waals surface area contributed by atoms with Crippen LogP contribution >= 0.6 is 0 Å². The maximum atomic E-state index is 14.6. The Morgan fingerprint density at radius 1 is 1.41 bits per heavy atom. The van der Waals surface area contributed by atoms with E-state index in [0.29, 0.717) is 17.3 Å². The molecule has 142 valence electrons. The third-order valence-corrected chi connectivity index (χ3v) is 5.52. The van der Waals surface area contributed by atoms with Crippen LogP contribution in [0.4, 0.5) is 4.39 Å². The van der Waals surface area contributed by atoms with Crippen LogP contribution in [0, 0.1) is 5.82 Å². The van der Waals surface area contributed by atoms with Gasteiger partial charge in [0.2, 0.25) is 0 Å². The van der Waals surface area contributed by atoms with Crippen molar-refractivity contribution in [1.82, 2.24) is 20.1 Å². The van der Waals surface area contributed by atoms with Crippen molar-refractivity contribution in [2.24, 2.45) is 0 Å². The van der Waals surface area contributed by atoms with Gasteiger partial charge in [-0.3, -0.25) is 9.89 Å². The predicted molar refractivity (Wildman–Crippen MR) is 100 cm³/mol. The summed E-state index contributed by atoms with van der Waals surface area (Å²) in [5.74, 6) is -0.783. The van der Waals surface area contributed by atoms with Gasteiger partial charge in [-0.15, -0.1) is 0 Å². The number of aromatic nitrogens is 3. The van der Waals surface area contributed by atoms with Crippen molar-refractivity contribution in [2.45, 2.75) is 50.8 Å². The number of halogens is 1. The predicted octanol–water partition coefficient (Wildman–Crippen LogP) is 3.15. The fourth-order valence-corrected chi connectivity index (χ4v) is 3.94. The molecule has 0 radical (unpaired) electrons. The van der Waals surface area contributed by atoms with Gasteiger partial charge in [0.1, 0.15) is 5.82 Å². The van der Waals surface area contributed by atoms with Gasteiger partial charge >= 0.3 is 0 Å². The topological polar surface area (TPSA) is 82.9 Å². The number of fused-ring (bicyclic) bond motifs is 1. The van der Waals surface area contributed by atoms with Gasteiger partial charge in [0.15, 0.2) is 0 Å². The molecule has 1 unspecified atom stereocenters. The largest absolute Gasteiger partial charge is 0.391 e. The van der Waals surface area contributed by atoms with Crippen LogP contribution in [0.5, 0.6) is 0 Å². The van der Waals surface area contributed by atoms with Crippen molar-refractivity contribution in [1.29, 1.82) is 0 Å². The number of amides is 1. The highest BCUT2D eigenvalue weighted by molar-refractivity contribution is 6.07. The molecular formula is C20H23FN4O2. The Balaban J connectivity index is 1.73. The van der Waals surface area contributed by atoms with Crippen molar-refractivity contribution < 1.29 is 14.3 Å². The molecule has 3 atom stereocenters. The highest BCUT2D eigenvalue weighted by Gasteiger charge is 2.27. The molecule has 0 spiro atoms. The number of aromatic amines is 1. The molecule has 6 nitrogen and oxygen atoms in total. The first-order valence-corrected chi connectivity index (χ1v) is 9.33. The Hall–Kier alpha value is -2.67. The highest BCUT2D eigenvalue weighted by Crippen LogP contribution is 2.30. The number of hydrogen-bond acceptors (Lipinski definition) is 3. The van der Waals surface area contributed by atoms with Gasteiger partial charge in [0.25, 0.3) is 5.91 Å². The third-order valence-electron chi connectivity index (χ3n) is 5.52. The lowest BCUT2D eigenvalue weighted by Crippen LogP contribution is -2.45. The molecule has 0 aliphatic heterocycles. The number of hydrogen-bond donors (Lipinski definition) is 3. The van der Waals surface area contributed by atoms with E-state index in [0.717, 1.165) is 24.8 Å². The van der Waals surface area contributed by atoms with E-state index in [1.807, 2.05) is 11.5 Å². The van der Waals surface area contributed by atoms with Crippen molar-refractivity contribution in [3.63, 3.8) is 0 Å². The summed E-state index contributed by atoms with van der Waals surface area (Å²) in [5, 5.41) is 20.1. The maximum Gasteiger partial charge on any atom is 0.253 e. The standard InChI is InChI=1S/C20H23FN4O2/c1-12(13-9-22-23-10-13)25-11-14(19-15(21)5-4-7-17(19)25)20(27)24-16-6-2-3-8-18(16)26/h4-5,7,9-12,16,18,26H,2-3,6,8H2,1H3,(H,22,23)(H,24,27)/t12?,16-,18-/m0/s1. The van der Waals surface area contributed by atoms with Crippen molar-refractivity contribution >= 4 is 16.8 Å². The van der Waals surface area contributed by atoms with E-state index in [2.05, 4.69) is 15.5 Å². The summed E-state index contributed by atoms with van der Waals surface area (Å²) in [6, 6.07) is 4.41. The first-order valence-electron chi connectivity index (χ1n) is 9.33. The molecule has 27 heavy (non-hydrogen) atoms. The number of carbonyl (C=O) groups is 1. The number of nitrogens with zero attached hydrogens (tertiary/aromatic N) is 2. The van der Waals surface area contributed by atoms with Crippen LogP contribution < -0.4 is 5.32 Å². The molecule has 1 fully saturated rings. The normalized spacial score (nSPS) is 21.3. The molecule has 1 saturated carbocycles. The Bertz CT molecular complexity index is 950. The zero-order valence-electron chi connectivity index (χ0n) is 15.2. The molecule has 0 saturated heterocycles. The summed E-state index contributed by atoms with van der Waals surface area (Å²) in [7, 11) is 0. The number of aliphatic hydroxyl groups is 1. The van der Waals surface area contributed by atoms with Gasteiger partial charge in [0.05, 0.1) is 35.5 Å². The average molecular weight is 370 g/mol. The number of benzene rings is 1. The number of H-pyrrole nitrogens is 1. The molecule has 3 N–H and O–H groups in total. The first kappa shape index (κ1) is 17.7. The van der Waals surface area contributed by atoms with Gasteiger partial charge in [-0.25, -0.2) is 4.39 Å². The van der Waals surface area contributed by atoms with E-state index in [9.17, 15) is 14.3 Å². The van der Waals surface area contributed by atoms with E-state index in [4.69, 9.17) is 0 Å². The van der Waals surface area contributed by atoms with Crippen LogP contribution in [0.1, 0.15) is 54.6 Å². The van der Waals surface area contributed by atoms with Crippen molar-refractivity contribution in [3.8, 4) is 0 Å². The zero-order chi connectivity index (χ0) is 19.0. The third kappa shape index (κ3) is 3.23. The van der Waals surface area contributed by atoms with Gasteiger partial charge in [0, 0.05) is 23.3 Å². The highest BCUT2D eigenvalue weighted by atomic mass is 19.1. The van der Waals surface area contributed by atoms with Crippen LogP contribution in [0.2, 0.25) is 0 Å². The minimum atomic E-state index is -0.550. The Morgan fingerprint density at radius 3 is 2.96 bits per heavy atom. The molecule has 3 aromatic rings. The van der Waals surface area contributed by atoms with Crippen molar-refractivity contribution in [2.75, 3.05) is 0 Å². The summed E-state index contributed by atoms with van der Waals surface area (Å²) in [4.78, 5) is 12.9. The van der Waals surface area contributed by atoms with Crippen LogP contribution in [0.25, 0.3) is 10.9 Å². The quantitative estimate of drug-likeness (QED) is 0.660. The monoisotopic (exact) mass is 370 g/mol. The van der Waals surface area contributed by atoms with E-state index >= 15 is 0 Å². The minimum Gasteiger partial charge on any atom is -0.391 e. The van der Waals surface area contributed by atoms with E-state index in [1.54, 1.807) is 30.7 Å². The lowest BCUT2D eigenvalue weighted by Gasteiger charge is -2.28. The second kappa shape index (κ2) is 7.15. The summed E-state index contributed by atoms with van der Waals surface area (Å²) >= 11 is 0. The molecule has 1 aliphatic carbocycles. The molecule has 2 heterocycles. The van der Waals surface area contributed by atoms with Crippen LogP contribution in [0.3, 0.4) is 0 Å². The van der Waals surface area contributed by atoms with Crippen molar-refractivity contribution in [3.05, 3.63) is 53.7 Å². The summed E-state index contributed by atoms with van der Waals surface area (Å²) in [5.41, 5.74) is 1.88. The second-order valence-corrected chi connectivity index (χ2v) is 7.22. The van der Waals surface area contributed by atoms with E-state index in [1.165, 1.54) is 6.07 Å². The second-order valence-electron chi connectivity index (χ2n) is 7.22. The first-order chi connectivity index (χ1) is 13.1. The number of carbonyl (C=O) groups excluding carboxylic acids is 1. The Kier molecular flexibility index (Phi) is 4.70. The lowest BCUT2D eigenvalue weighted by molar-refractivity contribution is 0.0718. The smallest absolute Gasteiger partial charge is 0.253 e. The average Bonchev–Trinajstić information content (AvgIpc) is 3.31. The zero-order valence-corrected chi connectivity index (χ0v) is 15.2. The molecule has 1 amide bonds. The van der Waals surface area contributed by atoms with Gasteiger partial charge in [-0.1, -0.05) is 18.9 Å². The fraction of sp³-hybridized carbons (Fsp3) is 0.400. The molecule has 2 aromatic heterocycles. The molecule has 0 bridgehead atoms. The number of nitrogens with one attached hydrogen (secondary N) is 2. The summed E-state index contributed by atoms with van der Waals surface area (Å²) in [6.45, 7) is 1.97. The van der Waals surface area contributed by atoms with Gasteiger partial charge < -0.3 is 15.0 Å². The van der Waals surface area contributed by atoms with Gasteiger partial charge in [-0.05, 0) is 31.9 Å². The minimum absolute atomic E-state index is 0.116. The lowest BCUT2D eigenvalue weighted by atomic mass is 9.92. The molecule has 1 aromatic carbocycles. The molecule has 7 heteroatoms. The Labute approximate surface area is 156 Å². The summed E-state index contributed by atoms with van der Waals surface area (Å²) < 4.78 is 16.5. The summed E-state index contributed by atoms with van der Waals surface area (Å²) in [6.07, 6.45) is 7.99.